The van der Waals surface area contributed by atoms with E-state index < -0.39 is 28.0 Å². The lowest BCUT2D eigenvalue weighted by Gasteiger charge is -2.26. The summed E-state index contributed by atoms with van der Waals surface area (Å²) in [4.78, 5) is 32.8. The number of carboxylic acids is 1. The van der Waals surface area contributed by atoms with Crippen LogP contribution in [-0.2, 0) is 4.79 Å². The van der Waals surface area contributed by atoms with E-state index in [9.17, 15) is 24.8 Å². The molecule has 4 N–H and O–H groups in total. The van der Waals surface area contributed by atoms with Crippen molar-refractivity contribution in [2.24, 2.45) is 5.73 Å². The van der Waals surface area contributed by atoms with Gasteiger partial charge in [-0.25, -0.2) is 4.79 Å². The number of carbonyl (C=O) groups excluding carboxylic acids is 1. The van der Waals surface area contributed by atoms with E-state index in [0.29, 0.717) is 6.42 Å². The van der Waals surface area contributed by atoms with Crippen LogP contribution in [0.15, 0.2) is 18.2 Å². The Balaban J connectivity index is 3.26. The molecule has 0 heterocycles. The van der Waals surface area contributed by atoms with Crippen molar-refractivity contribution in [3.8, 4) is 0 Å². The molecule has 1 amide bonds. The molecule has 0 aliphatic rings. The second kappa shape index (κ2) is 6.21. The Morgan fingerprint density at radius 2 is 2.10 bits per heavy atom. The topological polar surface area (TPSA) is 136 Å². The first-order chi connectivity index (χ1) is 9.71. The van der Waals surface area contributed by atoms with Crippen LogP contribution in [0.3, 0.4) is 0 Å². The van der Waals surface area contributed by atoms with E-state index in [1.165, 1.54) is 19.1 Å². The van der Waals surface area contributed by atoms with Crippen molar-refractivity contribution in [2.45, 2.75) is 32.2 Å². The molecule has 0 aliphatic heterocycles. The Labute approximate surface area is 121 Å². The van der Waals surface area contributed by atoms with Crippen LogP contribution in [0.1, 0.15) is 37.0 Å². The lowest BCUT2D eigenvalue weighted by atomic mass is 9.95. The molecule has 1 aromatic rings. The SMILES string of the molecule is CCCC(C)(Nc1ccc(C(N)=O)cc1[N+](=O)[O-])C(=O)O. The summed E-state index contributed by atoms with van der Waals surface area (Å²) in [5.41, 5.74) is 3.36. The molecule has 8 nitrogen and oxygen atoms in total. The number of nitrogens with zero attached hydrogens (tertiary/aromatic N) is 1. The highest BCUT2D eigenvalue weighted by atomic mass is 16.6. The Bertz CT molecular complexity index is 587. The summed E-state index contributed by atoms with van der Waals surface area (Å²) < 4.78 is 0. The predicted molar refractivity (Wildman–Crippen MR) is 76.2 cm³/mol. The van der Waals surface area contributed by atoms with Crippen molar-refractivity contribution < 1.29 is 19.6 Å². The van der Waals surface area contributed by atoms with Crippen molar-refractivity contribution in [1.29, 1.82) is 0 Å². The summed E-state index contributed by atoms with van der Waals surface area (Å²) in [5.74, 6) is -1.91. The normalized spacial score (nSPS) is 13.2. The molecule has 1 aromatic carbocycles. The van der Waals surface area contributed by atoms with E-state index in [-0.39, 0.29) is 17.7 Å². The molecule has 0 fully saturated rings. The number of hydrogen-bond acceptors (Lipinski definition) is 5. The van der Waals surface area contributed by atoms with Crippen molar-refractivity contribution >= 4 is 23.3 Å². The molecule has 114 valence electrons. The molecule has 0 saturated carbocycles. The number of nitrogens with one attached hydrogen (secondary N) is 1. The number of rotatable bonds is 7. The fraction of sp³-hybridized carbons (Fsp3) is 0.385. The molecule has 1 unspecified atom stereocenters. The van der Waals surface area contributed by atoms with Crippen LogP contribution in [0.25, 0.3) is 0 Å². The number of nitrogens with two attached hydrogens (primary N) is 1. The van der Waals surface area contributed by atoms with Crippen LogP contribution in [0.2, 0.25) is 0 Å². The molecular formula is C13H17N3O5. The third kappa shape index (κ3) is 3.68. The van der Waals surface area contributed by atoms with Crippen molar-refractivity contribution in [3.63, 3.8) is 0 Å². The van der Waals surface area contributed by atoms with Crippen LogP contribution >= 0.6 is 0 Å². The van der Waals surface area contributed by atoms with Gasteiger partial charge in [0.2, 0.25) is 5.91 Å². The number of amides is 1. The van der Waals surface area contributed by atoms with Gasteiger partial charge in [0, 0.05) is 11.6 Å². The average molecular weight is 295 g/mol. The number of aliphatic carboxylic acids is 1. The summed E-state index contributed by atoms with van der Waals surface area (Å²) in [7, 11) is 0. The zero-order valence-corrected chi connectivity index (χ0v) is 11.8. The Hall–Kier alpha value is -2.64. The zero-order valence-electron chi connectivity index (χ0n) is 11.8. The van der Waals surface area contributed by atoms with Gasteiger partial charge in [0.25, 0.3) is 5.69 Å². The van der Waals surface area contributed by atoms with Gasteiger partial charge >= 0.3 is 5.97 Å². The highest BCUT2D eigenvalue weighted by molar-refractivity contribution is 5.94. The predicted octanol–water partition coefficient (Wildman–Crippen LogP) is 1.75. The van der Waals surface area contributed by atoms with Gasteiger partial charge in [-0.05, 0) is 25.5 Å². The summed E-state index contributed by atoms with van der Waals surface area (Å²) in [5, 5.41) is 23.0. The number of nitro benzene ring substituents is 1. The van der Waals surface area contributed by atoms with Crippen molar-refractivity contribution in [2.75, 3.05) is 5.32 Å². The van der Waals surface area contributed by atoms with Crippen LogP contribution in [0.5, 0.6) is 0 Å². The molecule has 8 heteroatoms. The number of benzene rings is 1. The van der Waals surface area contributed by atoms with Crippen LogP contribution in [-0.4, -0.2) is 27.4 Å². The first-order valence-corrected chi connectivity index (χ1v) is 6.31. The van der Waals surface area contributed by atoms with Crippen LogP contribution in [0.4, 0.5) is 11.4 Å². The lowest BCUT2D eigenvalue weighted by Crippen LogP contribution is -2.43. The van der Waals surface area contributed by atoms with E-state index in [2.05, 4.69) is 5.32 Å². The quantitative estimate of drug-likeness (QED) is 0.518. The minimum atomic E-state index is -1.34. The third-order valence-corrected chi connectivity index (χ3v) is 3.11. The summed E-state index contributed by atoms with van der Waals surface area (Å²) in [6, 6.07) is 3.62. The van der Waals surface area contributed by atoms with Gasteiger partial charge in [-0.1, -0.05) is 13.3 Å². The number of carbonyl (C=O) groups is 2. The smallest absolute Gasteiger partial charge is 0.329 e. The number of primary amides is 1. The maximum absolute atomic E-state index is 11.4. The number of nitro groups is 1. The summed E-state index contributed by atoms with van der Waals surface area (Å²) >= 11 is 0. The summed E-state index contributed by atoms with van der Waals surface area (Å²) in [6.07, 6.45) is 0.875. The Morgan fingerprint density at radius 3 is 2.52 bits per heavy atom. The molecule has 0 radical (unpaired) electrons. The largest absolute Gasteiger partial charge is 0.480 e. The maximum atomic E-state index is 11.4. The summed E-state index contributed by atoms with van der Waals surface area (Å²) in [6.45, 7) is 3.26. The van der Waals surface area contributed by atoms with E-state index in [1.807, 2.05) is 6.92 Å². The highest BCUT2D eigenvalue weighted by Gasteiger charge is 2.34. The number of hydrogen-bond donors (Lipinski definition) is 3. The zero-order chi connectivity index (χ0) is 16.2. The van der Waals surface area contributed by atoms with Crippen LogP contribution in [0, 0.1) is 10.1 Å². The van der Waals surface area contributed by atoms with Crippen molar-refractivity contribution in [1.82, 2.24) is 0 Å². The molecule has 0 spiro atoms. The van der Waals surface area contributed by atoms with Gasteiger partial charge in [-0.3, -0.25) is 14.9 Å². The molecule has 0 saturated heterocycles. The first-order valence-electron chi connectivity index (χ1n) is 6.31. The molecule has 0 aromatic heterocycles. The fourth-order valence-electron chi connectivity index (χ4n) is 1.96. The molecule has 0 bridgehead atoms. The Kier molecular flexibility index (Phi) is 4.85. The maximum Gasteiger partial charge on any atom is 0.329 e. The van der Waals surface area contributed by atoms with Crippen LogP contribution < -0.4 is 11.1 Å². The molecule has 21 heavy (non-hydrogen) atoms. The first kappa shape index (κ1) is 16.4. The number of carboxylic acid groups (broad SMARTS) is 1. The second-order valence-corrected chi connectivity index (χ2v) is 4.87. The minimum Gasteiger partial charge on any atom is -0.480 e. The molecule has 0 aliphatic carbocycles. The lowest BCUT2D eigenvalue weighted by molar-refractivity contribution is -0.384. The second-order valence-electron chi connectivity index (χ2n) is 4.87. The Morgan fingerprint density at radius 1 is 1.48 bits per heavy atom. The monoisotopic (exact) mass is 295 g/mol. The standard InChI is InChI=1S/C13H17N3O5/c1-3-6-13(2,12(18)19)15-9-5-4-8(11(14)17)7-10(9)16(20)21/h4-5,7,15H,3,6H2,1-2H3,(H2,14,17)(H,18,19). The highest BCUT2D eigenvalue weighted by Crippen LogP contribution is 2.30. The van der Waals surface area contributed by atoms with Gasteiger partial charge in [0.15, 0.2) is 0 Å². The molecule has 1 rings (SSSR count). The van der Waals surface area contributed by atoms with Gasteiger partial charge in [0.05, 0.1) is 4.92 Å². The fourth-order valence-corrected chi connectivity index (χ4v) is 1.96. The van der Waals surface area contributed by atoms with Gasteiger partial charge in [-0.2, -0.15) is 0 Å². The van der Waals surface area contributed by atoms with E-state index >= 15 is 0 Å². The van der Waals surface area contributed by atoms with E-state index in [4.69, 9.17) is 5.73 Å². The number of anilines is 1. The third-order valence-electron chi connectivity index (χ3n) is 3.11. The van der Waals surface area contributed by atoms with Crippen molar-refractivity contribution in [3.05, 3.63) is 33.9 Å². The van der Waals surface area contributed by atoms with E-state index in [1.54, 1.807) is 0 Å². The molecule has 1 atom stereocenters. The van der Waals surface area contributed by atoms with Gasteiger partial charge in [-0.15, -0.1) is 0 Å². The van der Waals surface area contributed by atoms with E-state index in [0.717, 1.165) is 6.07 Å². The average Bonchev–Trinajstić information content (AvgIpc) is 2.38. The van der Waals surface area contributed by atoms with Gasteiger partial charge < -0.3 is 16.2 Å². The molecular weight excluding hydrogens is 278 g/mol. The minimum absolute atomic E-state index is 0.0141. The van der Waals surface area contributed by atoms with Gasteiger partial charge in [0.1, 0.15) is 11.2 Å².